The van der Waals surface area contributed by atoms with Crippen molar-refractivity contribution < 1.29 is 14.3 Å². The minimum atomic E-state index is -0.218. The zero-order valence-electron chi connectivity index (χ0n) is 13.3. The second-order valence-electron chi connectivity index (χ2n) is 8.32. The topological polar surface area (TPSA) is 43.4 Å². The van der Waals surface area contributed by atoms with Crippen molar-refractivity contribution in [3.05, 3.63) is 0 Å². The molecular formula is C17H26O3. The van der Waals surface area contributed by atoms with E-state index in [4.69, 9.17) is 4.74 Å². The summed E-state index contributed by atoms with van der Waals surface area (Å²) in [5.41, 5.74) is -0.208. The molecule has 3 heteroatoms. The zero-order valence-corrected chi connectivity index (χ0v) is 13.3. The number of rotatable bonds is 1. The van der Waals surface area contributed by atoms with Crippen LogP contribution in [0.5, 0.6) is 0 Å². The van der Waals surface area contributed by atoms with E-state index < -0.39 is 0 Å². The standard InChI is InChI=1S/C17H26O3/c1-15(2)7-6-8-16(3)11-10(18)9-17(16,4)13(12(11)15)14(19)20-5/h11-13H,6-9H2,1-5H3/t11?,12-,13+,16+,17+/m1/s1. The molecule has 0 amide bonds. The minimum absolute atomic E-state index is 0.0264. The Bertz CT molecular complexity index is 481. The van der Waals surface area contributed by atoms with Gasteiger partial charge in [-0.25, -0.2) is 0 Å². The second-order valence-corrected chi connectivity index (χ2v) is 8.32. The third-order valence-electron chi connectivity index (χ3n) is 7.16. The monoisotopic (exact) mass is 278 g/mol. The van der Waals surface area contributed by atoms with Crippen LogP contribution in [0.15, 0.2) is 0 Å². The average Bonchev–Trinajstić information content (AvgIpc) is 2.60. The molecular weight excluding hydrogens is 252 g/mol. The maximum atomic E-state index is 12.6. The molecule has 20 heavy (non-hydrogen) atoms. The van der Waals surface area contributed by atoms with Gasteiger partial charge in [0.25, 0.3) is 0 Å². The number of ketones is 1. The maximum absolute atomic E-state index is 12.6. The summed E-state index contributed by atoms with van der Waals surface area (Å²) < 4.78 is 5.12. The number of carbonyl (C=O) groups excluding carboxylic acids is 2. The maximum Gasteiger partial charge on any atom is 0.309 e. The molecule has 1 unspecified atom stereocenters. The number of hydrogen-bond donors (Lipinski definition) is 0. The van der Waals surface area contributed by atoms with Gasteiger partial charge < -0.3 is 4.74 Å². The summed E-state index contributed by atoms with van der Waals surface area (Å²) in [6.07, 6.45) is 3.88. The summed E-state index contributed by atoms with van der Waals surface area (Å²) >= 11 is 0. The number of carbonyl (C=O) groups is 2. The van der Waals surface area contributed by atoms with Crippen LogP contribution in [0, 0.1) is 34.0 Å². The van der Waals surface area contributed by atoms with Crippen LogP contribution in [-0.2, 0) is 14.3 Å². The Morgan fingerprint density at radius 3 is 2.40 bits per heavy atom. The Labute approximate surface area is 121 Å². The zero-order chi connectivity index (χ0) is 14.9. The molecule has 0 spiro atoms. The summed E-state index contributed by atoms with van der Waals surface area (Å²) in [6.45, 7) is 8.88. The number of Topliss-reactive ketones (excluding diaryl/α,β-unsaturated/α-hetero) is 1. The fourth-order valence-electron chi connectivity index (χ4n) is 5.99. The molecule has 0 saturated heterocycles. The van der Waals surface area contributed by atoms with Crippen molar-refractivity contribution in [3.8, 4) is 0 Å². The largest absolute Gasteiger partial charge is 0.469 e. The van der Waals surface area contributed by atoms with E-state index in [1.165, 1.54) is 7.11 Å². The van der Waals surface area contributed by atoms with Crippen molar-refractivity contribution in [3.63, 3.8) is 0 Å². The van der Waals surface area contributed by atoms with Gasteiger partial charge >= 0.3 is 5.97 Å². The van der Waals surface area contributed by atoms with E-state index in [1.54, 1.807) is 0 Å². The highest BCUT2D eigenvalue weighted by molar-refractivity contribution is 5.91. The molecule has 112 valence electrons. The first kappa shape index (κ1) is 14.1. The molecule has 3 nitrogen and oxygen atoms in total. The average molecular weight is 278 g/mol. The van der Waals surface area contributed by atoms with E-state index in [0.717, 1.165) is 19.3 Å². The van der Waals surface area contributed by atoms with E-state index in [-0.39, 0.29) is 40.0 Å². The summed E-state index contributed by atoms with van der Waals surface area (Å²) in [6, 6.07) is 0. The van der Waals surface area contributed by atoms with Crippen LogP contribution in [-0.4, -0.2) is 18.9 Å². The lowest BCUT2D eigenvalue weighted by Gasteiger charge is -2.45. The molecule has 0 aromatic rings. The van der Waals surface area contributed by atoms with E-state index in [2.05, 4.69) is 27.7 Å². The summed E-state index contributed by atoms with van der Waals surface area (Å²) in [5.74, 6) is 0.363. The van der Waals surface area contributed by atoms with E-state index >= 15 is 0 Å². The number of ether oxygens (including phenoxy) is 1. The van der Waals surface area contributed by atoms with Gasteiger partial charge in [0, 0.05) is 12.3 Å². The van der Waals surface area contributed by atoms with Gasteiger partial charge in [0.05, 0.1) is 13.0 Å². The van der Waals surface area contributed by atoms with Gasteiger partial charge in [0.2, 0.25) is 0 Å². The van der Waals surface area contributed by atoms with E-state index in [1.807, 2.05) is 0 Å². The second kappa shape index (κ2) is 3.86. The van der Waals surface area contributed by atoms with Gasteiger partial charge in [-0.05, 0) is 35.0 Å². The lowest BCUT2D eigenvalue weighted by Crippen LogP contribution is -2.46. The van der Waals surface area contributed by atoms with Crippen molar-refractivity contribution in [1.29, 1.82) is 0 Å². The van der Waals surface area contributed by atoms with Gasteiger partial charge in [-0.2, -0.15) is 0 Å². The summed E-state index contributed by atoms with van der Waals surface area (Å²) in [7, 11) is 1.48. The summed E-state index contributed by atoms with van der Waals surface area (Å²) in [5, 5.41) is 0. The highest BCUT2D eigenvalue weighted by atomic mass is 16.5. The van der Waals surface area contributed by atoms with Crippen LogP contribution in [0.4, 0.5) is 0 Å². The van der Waals surface area contributed by atoms with Crippen molar-refractivity contribution in [2.45, 2.75) is 53.4 Å². The lowest BCUT2D eigenvalue weighted by atomic mass is 9.58. The molecule has 0 radical (unpaired) electrons. The molecule has 0 aromatic heterocycles. The normalized spacial score (nSPS) is 49.0. The van der Waals surface area contributed by atoms with Crippen LogP contribution in [0.1, 0.15) is 53.4 Å². The third kappa shape index (κ3) is 1.37. The van der Waals surface area contributed by atoms with E-state index in [0.29, 0.717) is 12.2 Å². The van der Waals surface area contributed by atoms with Crippen molar-refractivity contribution in [2.75, 3.05) is 7.11 Å². The highest BCUT2D eigenvalue weighted by Crippen LogP contribution is 2.75. The first-order chi connectivity index (χ1) is 9.19. The smallest absolute Gasteiger partial charge is 0.309 e. The molecule has 3 saturated carbocycles. The molecule has 3 aliphatic carbocycles. The SMILES string of the molecule is COC(=O)[C@@H]1[C@H]2C3C(=O)C[C@]1(C)[C@@]3(C)CCCC2(C)C. The number of methoxy groups -OCH3 is 1. The molecule has 3 aliphatic rings. The van der Waals surface area contributed by atoms with Gasteiger partial charge in [-0.15, -0.1) is 0 Å². The van der Waals surface area contributed by atoms with Crippen LogP contribution >= 0.6 is 0 Å². The van der Waals surface area contributed by atoms with Crippen molar-refractivity contribution in [2.24, 2.45) is 34.0 Å². The molecule has 0 aromatic carbocycles. The lowest BCUT2D eigenvalue weighted by molar-refractivity contribution is -0.157. The Balaban J connectivity index is 2.20. The molecule has 3 fully saturated rings. The van der Waals surface area contributed by atoms with E-state index in [9.17, 15) is 9.59 Å². The van der Waals surface area contributed by atoms with Crippen LogP contribution in [0.3, 0.4) is 0 Å². The molecule has 5 atom stereocenters. The fourth-order valence-corrected chi connectivity index (χ4v) is 5.99. The minimum Gasteiger partial charge on any atom is -0.469 e. The van der Waals surface area contributed by atoms with Crippen molar-refractivity contribution >= 4 is 11.8 Å². The molecule has 0 heterocycles. The molecule has 0 N–H and O–H groups in total. The molecule has 4 bridgehead atoms. The van der Waals surface area contributed by atoms with Crippen LogP contribution in [0.2, 0.25) is 0 Å². The predicted molar refractivity (Wildman–Crippen MR) is 76.0 cm³/mol. The van der Waals surface area contributed by atoms with Gasteiger partial charge in [-0.3, -0.25) is 9.59 Å². The Morgan fingerprint density at radius 2 is 1.80 bits per heavy atom. The quantitative estimate of drug-likeness (QED) is 0.692. The van der Waals surface area contributed by atoms with Crippen LogP contribution < -0.4 is 0 Å². The number of hydrogen-bond acceptors (Lipinski definition) is 3. The molecule has 0 aliphatic heterocycles. The predicted octanol–water partition coefficient (Wildman–Crippen LogP) is 3.22. The molecule has 3 rings (SSSR count). The Kier molecular flexibility index (Phi) is 2.72. The fraction of sp³-hybridized carbons (Fsp3) is 0.882. The first-order valence-corrected chi connectivity index (χ1v) is 7.79. The van der Waals surface area contributed by atoms with Gasteiger partial charge in [-0.1, -0.05) is 34.1 Å². The van der Waals surface area contributed by atoms with Crippen LogP contribution in [0.25, 0.3) is 0 Å². The highest BCUT2D eigenvalue weighted by Gasteiger charge is 2.75. The number of esters is 1. The Hall–Kier alpha value is -0.860. The van der Waals surface area contributed by atoms with Crippen molar-refractivity contribution in [1.82, 2.24) is 0 Å². The first-order valence-electron chi connectivity index (χ1n) is 7.79. The summed E-state index contributed by atoms with van der Waals surface area (Å²) in [4.78, 5) is 25.1. The Morgan fingerprint density at radius 1 is 1.15 bits per heavy atom. The third-order valence-corrected chi connectivity index (χ3v) is 7.16. The van der Waals surface area contributed by atoms with Gasteiger partial charge in [0.1, 0.15) is 5.78 Å². The van der Waals surface area contributed by atoms with Gasteiger partial charge in [0.15, 0.2) is 0 Å².